The molecule has 0 radical (unpaired) electrons. The molecule has 1 saturated carbocycles. The zero-order valence-electron chi connectivity index (χ0n) is 6.89. The maximum absolute atomic E-state index is 2.63. The molecular weight excluding hydrogens is 261 g/mol. The van der Waals surface area contributed by atoms with E-state index in [-0.39, 0.29) is 6.15 Å². The van der Waals surface area contributed by atoms with Crippen molar-refractivity contribution >= 4 is 22.6 Å². The zero-order valence-corrected chi connectivity index (χ0v) is 9.04. The Kier molecular flexibility index (Phi) is 1.74. The molecule has 64 valence electrons. The monoisotopic (exact) mass is 273 g/mol. The van der Waals surface area contributed by atoms with Gasteiger partial charge in [0.2, 0.25) is 0 Å². The van der Waals surface area contributed by atoms with Crippen molar-refractivity contribution in [2.45, 2.75) is 22.2 Å². The molecule has 0 aliphatic heterocycles. The van der Waals surface area contributed by atoms with E-state index in [2.05, 4.69) is 46.9 Å². The lowest BCUT2D eigenvalue weighted by molar-refractivity contribution is 0.273. The van der Waals surface area contributed by atoms with Crippen LogP contribution in [0.3, 0.4) is 0 Å². The third-order valence-corrected chi connectivity index (χ3v) is 5.01. The predicted octanol–water partition coefficient (Wildman–Crippen LogP) is 3.37. The number of benzene rings is 1. The lowest BCUT2D eigenvalue weighted by Crippen LogP contribution is -2.46. The Balaban J connectivity index is 0.000000563. The van der Waals surface area contributed by atoms with Crippen LogP contribution in [0.5, 0.6) is 0 Å². The van der Waals surface area contributed by atoms with E-state index >= 15 is 0 Å². The molecule has 1 fully saturated rings. The summed E-state index contributed by atoms with van der Waals surface area (Å²) in [4.78, 5) is 0. The Morgan fingerprint density at radius 1 is 1.33 bits per heavy atom. The average Bonchev–Trinajstić information content (AvgIpc) is 2.03. The first kappa shape index (κ1) is 8.51. The Morgan fingerprint density at radius 2 is 2.08 bits per heavy atom. The van der Waals surface area contributed by atoms with Gasteiger partial charge in [0.15, 0.2) is 0 Å². The van der Waals surface area contributed by atoms with Crippen molar-refractivity contribution in [3.8, 4) is 0 Å². The maximum atomic E-state index is 2.63. The van der Waals surface area contributed by atoms with Gasteiger partial charge < -0.3 is 6.15 Å². The highest BCUT2D eigenvalue weighted by Gasteiger charge is 2.55. The van der Waals surface area contributed by atoms with Gasteiger partial charge in [-0.05, 0) is 24.0 Å². The number of hydrogen-bond donors (Lipinski definition) is 1. The van der Waals surface area contributed by atoms with Crippen molar-refractivity contribution in [2.24, 2.45) is 0 Å². The second kappa shape index (κ2) is 2.45. The molecule has 1 aromatic carbocycles. The Hall–Kier alpha value is -0.0900. The number of hydrogen-bond acceptors (Lipinski definition) is 1. The van der Waals surface area contributed by atoms with Crippen molar-refractivity contribution in [1.29, 1.82) is 0 Å². The van der Waals surface area contributed by atoms with E-state index in [0.717, 1.165) is 5.92 Å². The second-order valence-electron chi connectivity index (χ2n) is 3.54. The molecule has 1 unspecified atom stereocenters. The Morgan fingerprint density at radius 3 is 2.67 bits per heavy atom. The largest absolute Gasteiger partial charge is 0.344 e. The maximum Gasteiger partial charge on any atom is 0.0541 e. The van der Waals surface area contributed by atoms with E-state index in [1.165, 1.54) is 12.8 Å². The lowest BCUT2D eigenvalue weighted by Gasteiger charge is -2.56. The van der Waals surface area contributed by atoms with Gasteiger partial charge in [-0.25, -0.2) is 0 Å². The lowest BCUT2D eigenvalue weighted by atomic mass is 9.56. The van der Waals surface area contributed by atoms with Gasteiger partial charge in [-0.2, -0.15) is 0 Å². The summed E-state index contributed by atoms with van der Waals surface area (Å²) >= 11 is 2.63. The second-order valence-corrected chi connectivity index (χ2v) is 5.47. The molecule has 2 aliphatic rings. The van der Waals surface area contributed by atoms with Gasteiger partial charge in [-0.15, -0.1) is 0 Å². The van der Waals surface area contributed by atoms with Crippen molar-refractivity contribution in [1.82, 2.24) is 6.15 Å². The summed E-state index contributed by atoms with van der Waals surface area (Å²) in [6.07, 6.45) is 2.81. The summed E-state index contributed by atoms with van der Waals surface area (Å²) in [5, 5.41) is 0. The molecule has 3 rings (SSSR count). The molecule has 2 heteroatoms. The highest BCUT2D eigenvalue weighted by atomic mass is 127. The smallest absolute Gasteiger partial charge is 0.0541 e. The van der Waals surface area contributed by atoms with Crippen molar-refractivity contribution in [3.05, 3.63) is 35.4 Å². The van der Waals surface area contributed by atoms with E-state index < -0.39 is 0 Å². The van der Waals surface area contributed by atoms with Crippen molar-refractivity contribution in [3.63, 3.8) is 0 Å². The van der Waals surface area contributed by atoms with Crippen LogP contribution in [0.1, 0.15) is 29.9 Å². The first-order valence-electron chi connectivity index (χ1n) is 4.11. The summed E-state index contributed by atoms with van der Waals surface area (Å²) in [6, 6.07) is 8.90. The molecule has 3 N–H and O–H groups in total. The highest BCUT2D eigenvalue weighted by Crippen LogP contribution is 2.68. The molecule has 1 aromatic rings. The normalized spacial score (nSPS) is 34.9. The number of alkyl halides is 1. The zero-order chi connectivity index (χ0) is 7.47. The van der Waals surface area contributed by atoms with Gasteiger partial charge in [0, 0.05) is 5.92 Å². The van der Waals surface area contributed by atoms with Gasteiger partial charge in [-0.3, -0.25) is 0 Å². The van der Waals surface area contributed by atoms with Crippen LogP contribution in [0.4, 0.5) is 0 Å². The van der Waals surface area contributed by atoms with Gasteiger partial charge >= 0.3 is 0 Å². The first-order chi connectivity index (χ1) is 5.32. The topological polar surface area (TPSA) is 35.0 Å². The minimum Gasteiger partial charge on any atom is -0.344 e. The van der Waals surface area contributed by atoms with E-state index in [0.29, 0.717) is 3.42 Å². The van der Waals surface area contributed by atoms with E-state index in [1.54, 1.807) is 11.1 Å². The molecule has 0 bridgehead atoms. The van der Waals surface area contributed by atoms with Gasteiger partial charge in [0.1, 0.15) is 0 Å². The molecular formula is C10H12IN. The van der Waals surface area contributed by atoms with E-state index in [1.807, 2.05) is 0 Å². The molecule has 12 heavy (non-hydrogen) atoms. The molecule has 0 saturated heterocycles. The van der Waals surface area contributed by atoms with Crippen LogP contribution in [0, 0.1) is 0 Å². The highest BCUT2D eigenvalue weighted by molar-refractivity contribution is 14.1. The molecule has 2 aliphatic carbocycles. The quantitative estimate of drug-likeness (QED) is 0.570. The summed E-state index contributed by atoms with van der Waals surface area (Å²) in [5.74, 6) is 0.902. The summed E-state index contributed by atoms with van der Waals surface area (Å²) < 4.78 is 0.564. The van der Waals surface area contributed by atoms with Crippen LogP contribution in [-0.4, -0.2) is 0 Å². The molecule has 0 aromatic heterocycles. The van der Waals surface area contributed by atoms with Crippen LogP contribution in [0.15, 0.2) is 24.3 Å². The van der Waals surface area contributed by atoms with Gasteiger partial charge in [-0.1, -0.05) is 46.9 Å². The predicted molar refractivity (Wildman–Crippen MR) is 59.1 cm³/mol. The van der Waals surface area contributed by atoms with Crippen molar-refractivity contribution < 1.29 is 0 Å². The number of fused-ring (bicyclic) bond motifs is 4. The molecule has 1 nitrogen and oxygen atoms in total. The Bertz CT molecular complexity index is 323. The van der Waals surface area contributed by atoms with E-state index in [4.69, 9.17) is 0 Å². The minimum atomic E-state index is 0. The van der Waals surface area contributed by atoms with Crippen LogP contribution < -0.4 is 6.15 Å². The Labute approximate surface area is 86.3 Å². The van der Waals surface area contributed by atoms with Crippen LogP contribution in [0.2, 0.25) is 0 Å². The van der Waals surface area contributed by atoms with Crippen LogP contribution >= 0.6 is 22.6 Å². The fourth-order valence-corrected chi connectivity index (χ4v) is 3.82. The standard InChI is InChI=1S/C10H9I.H3N/c11-10-6-5-9(10)7-3-1-2-4-8(7)10;/h1-4,9H,5-6H2;1H3/t9?,10-;/m1./s1. The summed E-state index contributed by atoms with van der Waals surface area (Å²) in [5.41, 5.74) is 3.23. The minimum absolute atomic E-state index is 0. The fourth-order valence-electron chi connectivity index (χ4n) is 2.37. The third kappa shape index (κ3) is 0.726. The van der Waals surface area contributed by atoms with Gasteiger partial charge in [0.05, 0.1) is 3.42 Å². The van der Waals surface area contributed by atoms with Gasteiger partial charge in [0.25, 0.3) is 0 Å². The number of halogens is 1. The molecule has 0 heterocycles. The van der Waals surface area contributed by atoms with Crippen molar-refractivity contribution in [2.75, 3.05) is 0 Å². The summed E-state index contributed by atoms with van der Waals surface area (Å²) in [6.45, 7) is 0. The average molecular weight is 273 g/mol. The van der Waals surface area contributed by atoms with Crippen LogP contribution in [0.25, 0.3) is 0 Å². The number of rotatable bonds is 0. The molecule has 0 spiro atoms. The first-order valence-corrected chi connectivity index (χ1v) is 5.18. The molecule has 2 atom stereocenters. The fraction of sp³-hybridized carbons (Fsp3) is 0.400. The summed E-state index contributed by atoms with van der Waals surface area (Å²) in [7, 11) is 0. The SMILES string of the molecule is I[C@@]12CCC1c1ccccc12.N. The third-order valence-electron chi connectivity index (χ3n) is 3.13. The van der Waals surface area contributed by atoms with E-state index in [9.17, 15) is 0 Å². The molecule has 0 amide bonds. The van der Waals surface area contributed by atoms with Crippen LogP contribution in [-0.2, 0) is 3.42 Å².